The second-order valence-electron chi connectivity index (χ2n) is 5.70. The summed E-state index contributed by atoms with van der Waals surface area (Å²) in [6.07, 6.45) is 0. The Morgan fingerprint density at radius 1 is 0.960 bits per heavy atom. The molecule has 2 aromatic carbocycles. The fourth-order valence-electron chi connectivity index (χ4n) is 2.80. The number of para-hydroxylation sites is 1. The van der Waals surface area contributed by atoms with E-state index in [9.17, 15) is 4.79 Å². The molecule has 0 saturated carbocycles. The van der Waals surface area contributed by atoms with Gasteiger partial charge >= 0.3 is 0 Å². The van der Waals surface area contributed by atoms with E-state index in [2.05, 4.69) is 5.32 Å². The molecule has 4 aromatic rings. The van der Waals surface area contributed by atoms with E-state index in [0.29, 0.717) is 12.1 Å². The van der Waals surface area contributed by atoms with Gasteiger partial charge in [0.05, 0.1) is 23.3 Å². The number of pyridine rings is 1. The van der Waals surface area contributed by atoms with Gasteiger partial charge in [-0.05, 0) is 23.6 Å². The molecule has 0 saturated heterocycles. The van der Waals surface area contributed by atoms with Crippen LogP contribution in [0.2, 0.25) is 0 Å². The quantitative estimate of drug-likeness (QED) is 0.572. The highest BCUT2D eigenvalue weighted by Crippen LogP contribution is 2.24. The molecule has 0 spiro atoms. The summed E-state index contributed by atoms with van der Waals surface area (Å²) in [6.45, 7) is 0.536. The first-order chi connectivity index (χ1) is 12.3. The van der Waals surface area contributed by atoms with Gasteiger partial charge in [-0.1, -0.05) is 54.6 Å². The Labute approximate surface area is 150 Å². The largest absolute Gasteiger partial charge is 0.347 e. The van der Waals surface area contributed by atoms with Gasteiger partial charge in [0.1, 0.15) is 0 Å². The molecule has 3 nitrogen and oxygen atoms in total. The average molecular weight is 344 g/mol. The zero-order valence-electron chi connectivity index (χ0n) is 13.5. The minimum atomic E-state index is -0.0795. The molecule has 0 atom stereocenters. The lowest BCUT2D eigenvalue weighted by Gasteiger charge is -2.10. The van der Waals surface area contributed by atoms with Crippen LogP contribution < -0.4 is 5.32 Å². The first-order valence-corrected chi connectivity index (χ1v) is 8.95. The zero-order chi connectivity index (χ0) is 17.1. The van der Waals surface area contributed by atoms with Gasteiger partial charge in [-0.25, -0.2) is 4.98 Å². The van der Waals surface area contributed by atoms with E-state index in [-0.39, 0.29) is 5.91 Å². The third kappa shape index (κ3) is 3.30. The third-order valence-electron chi connectivity index (χ3n) is 4.03. The van der Waals surface area contributed by atoms with E-state index in [1.165, 1.54) is 0 Å². The SMILES string of the molecule is O=C(NCc1cccs1)c1cc(-c2ccccc2)nc2ccccc12. The molecule has 1 amide bonds. The van der Waals surface area contributed by atoms with E-state index < -0.39 is 0 Å². The fraction of sp³-hybridized carbons (Fsp3) is 0.0476. The van der Waals surface area contributed by atoms with Gasteiger partial charge in [0, 0.05) is 15.8 Å². The van der Waals surface area contributed by atoms with Gasteiger partial charge in [0.2, 0.25) is 0 Å². The summed E-state index contributed by atoms with van der Waals surface area (Å²) in [5.74, 6) is -0.0795. The number of fused-ring (bicyclic) bond motifs is 1. The highest BCUT2D eigenvalue weighted by molar-refractivity contribution is 7.09. The first kappa shape index (κ1) is 15.5. The van der Waals surface area contributed by atoms with E-state index in [1.54, 1.807) is 11.3 Å². The lowest BCUT2D eigenvalue weighted by atomic mass is 10.0. The van der Waals surface area contributed by atoms with Crippen LogP contribution in [0.15, 0.2) is 78.2 Å². The summed E-state index contributed by atoms with van der Waals surface area (Å²) in [5.41, 5.74) is 3.28. The molecule has 0 fully saturated rings. The van der Waals surface area contributed by atoms with Crippen LogP contribution in [0.3, 0.4) is 0 Å². The molecule has 1 N–H and O–H groups in total. The summed E-state index contributed by atoms with van der Waals surface area (Å²) in [6, 6.07) is 23.6. The number of rotatable bonds is 4. The molecule has 2 aromatic heterocycles. The number of nitrogens with zero attached hydrogens (tertiary/aromatic N) is 1. The number of amides is 1. The number of benzene rings is 2. The fourth-order valence-corrected chi connectivity index (χ4v) is 3.44. The van der Waals surface area contributed by atoms with Crippen molar-refractivity contribution in [3.63, 3.8) is 0 Å². The third-order valence-corrected chi connectivity index (χ3v) is 4.91. The number of carbonyl (C=O) groups is 1. The summed E-state index contributed by atoms with van der Waals surface area (Å²) >= 11 is 1.64. The molecule has 25 heavy (non-hydrogen) atoms. The molecule has 4 heteroatoms. The topological polar surface area (TPSA) is 42.0 Å². The van der Waals surface area contributed by atoms with Crippen molar-refractivity contribution in [3.05, 3.63) is 88.6 Å². The number of carbonyl (C=O) groups excluding carboxylic acids is 1. The van der Waals surface area contributed by atoms with Gasteiger partial charge in [-0.3, -0.25) is 4.79 Å². The van der Waals surface area contributed by atoms with E-state index in [0.717, 1.165) is 27.0 Å². The van der Waals surface area contributed by atoms with Crippen molar-refractivity contribution in [2.24, 2.45) is 0 Å². The highest BCUT2D eigenvalue weighted by Gasteiger charge is 2.13. The van der Waals surface area contributed by atoms with Gasteiger partial charge in [-0.15, -0.1) is 11.3 Å². The highest BCUT2D eigenvalue weighted by atomic mass is 32.1. The van der Waals surface area contributed by atoms with Gasteiger partial charge in [0.25, 0.3) is 5.91 Å². The predicted octanol–water partition coefficient (Wildman–Crippen LogP) is 4.89. The minimum Gasteiger partial charge on any atom is -0.347 e. The van der Waals surface area contributed by atoms with Gasteiger partial charge in [-0.2, -0.15) is 0 Å². The number of hydrogen-bond acceptors (Lipinski definition) is 3. The van der Waals surface area contributed by atoms with E-state index in [4.69, 9.17) is 4.98 Å². The molecule has 0 aliphatic heterocycles. The maximum absolute atomic E-state index is 12.8. The van der Waals surface area contributed by atoms with Crippen LogP contribution in [0.5, 0.6) is 0 Å². The lowest BCUT2D eigenvalue weighted by molar-refractivity contribution is 0.0953. The number of aromatic nitrogens is 1. The normalized spacial score (nSPS) is 10.7. The first-order valence-electron chi connectivity index (χ1n) is 8.07. The molecule has 0 bridgehead atoms. The van der Waals surface area contributed by atoms with Crippen molar-refractivity contribution in [1.82, 2.24) is 10.3 Å². The summed E-state index contributed by atoms with van der Waals surface area (Å²) in [7, 11) is 0. The van der Waals surface area contributed by atoms with Crippen LogP contribution in [-0.2, 0) is 6.54 Å². The molecule has 0 radical (unpaired) electrons. The monoisotopic (exact) mass is 344 g/mol. The van der Waals surface area contributed by atoms with Crippen molar-refractivity contribution >= 4 is 28.1 Å². The van der Waals surface area contributed by atoms with Crippen molar-refractivity contribution in [3.8, 4) is 11.3 Å². The van der Waals surface area contributed by atoms with E-state index in [1.807, 2.05) is 78.2 Å². The van der Waals surface area contributed by atoms with Gasteiger partial charge < -0.3 is 5.32 Å². The van der Waals surface area contributed by atoms with Crippen LogP contribution in [0, 0.1) is 0 Å². The van der Waals surface area contributed by atoms with Crippen molar-refractivity contribution in [1.29, 1.82) is 0 Å². The number of nitrogens with one attached hydrogen (secondary N) is 1. The van der Waals surface area contributed by atoms with Crippen molar-refractivity contribution in [2.75, 3.05) is 0 Å². The van der Waals surface area contributed by atoms with Crippen molar-refractivity contribution < 1.29 is 4.79 Å². The molecule has 0 aliphatic carbocycles. The number of thiophene rings is 1. The number of hydrogen-bond donors (Lipinski definition) is 1. The minimum absolute atomic E-state index is 0.0795. The second-order valence-corrected chi connectivity index (χ2v) is 6.73. The maximum atomic E-state index is 12.8. The Morgan fingerprint density at radius 2 is 1.76 bits per heavy atom. The average Bonchev–Trinajstić information content (AvgIpc) is 3.19. The summed E-state index contributed by atoms with van der Waals surface area (Å²) in [4.78, 5) is 18.7. The van der Waals surface area contributed by atoms with Crippen molar-refractivity contribution in [2.45, 2.75) is 6.54 Å². The molecular weight excluding hydrogens is 328 g/mol. The Kier molecular flexibility index (Phi) is 4.27. The Bertz CT molecular complexity index is 1010. The molecule has 4 rings (SSSR count). The molecule has 2 heterocycles. The van der Waals surface area contributed by atoms with Crippen LogP contribution >= 0.6 is 11.3 Å². The second kappa shape index (κ2) is 6.87. The van der Waals surface area contributed by atoms with Crippen LogP contribution in [0.4, 0.5) is 0 Å². The van der Waals surface area contributed by atoms with Crippen LogP contribution in [-0.4, -0.2) is 10.9 Å². The van der Waals surface area contributed by atoms with E-state index >= 15 is 0 Å². The Balaban J connectivity index is 1.74. The lowest BCUT2D eigenvalue weighted by Crippen LogP contribution is -2.22. The van der Waals surface area contributed by atoms with Crippen LogP contribution in [0.25, 0.3) is 22.2 Å². The summed E-state index contributed by atoms with van der Waals surface area (Å²) < 4.78 is 0. The molecular formula is C21H16N2OS. The predicted molar refractivity (Wildman–Crippen MR) is 103 cm³/mol. The van der Waals surface area contributed by atoms with Gasteiger partial charge in [0.15, 0.2) is 0 Å². The van der Waals surface area contributed by atoms with Crippen LogP contribution in [0.1, 0.15) is 15.2 Å². The summed E-state index contributed by atoms with van der Waals surface area (Å²) in [5, 5.41) is 5.89. The zero-order valence-corrected chi connectivity index (χ0v) is 14.3. The standard InChI is InChI=1S/C21H16N2OS/c24-21(22-14-16-9-6-12-25-16)18-13-20(15-7-2-1-3-8-15)23-19-11-5-4-10-17(18)19/h1-13H,14H2,(H,22,24). The molecule has 0 aliphatic rings. The maximum Gasteiger partial charge on any atom is 0.252 e. The Morgan fingerprint density at radius 3 is 2.56 bits per heavy atom. The smallest absolute Gasteiger partial charge is 0.252 e. The molecule has 0 unspecified atom stereocenters. The Hall–Kier alpha value is -2.98. The molecule has 122 valence electrons.